The van der Waals surface area contributed by atoms with Crippen molar-refractivity contribution in [3.8, 4) is 0 Å². The summed E-state index contributed by atoms with van der Waals surface area (Å²) in [7, 11) is 0. The Balaban J connectivity index is 3.02. The van der Waals surface area contributed by atoms with Crippen molar-refractivity contribution >= 4 is 0 Å². The summed E-state index contributed by atoms with van der Waals surface area (Å²) < 4.78 is 15.0. The summed E-state index contributed by atoms with van der Waals surface area (Å²) in [5.41, 5.74) is 0. The molecule has 0 spiro atoms. The third-order valence-corrected chi connectivity index (χ3v) is 1.38. The Hall–Kier alpha value is -0.200. The van der Waals surface area contributed by atoms with E-state index in [1.54, 1.807) is 0 Å². The largest absolute Gasteiger partial charge is 0.394 e. The van der Waals surface area contributed by atoms with Gasteiger partial charge in [0.2, 0.25) is 0 Å². The standard InChI is InChI=1S/C9H20O5/c1-2-4-14-9(11)8-13-7-6-12-5-3-10/h9-11H,2-8H2,1H3. The Bertz CT molecular complexity index is 109. The number of hydrogen-bond donors (Lipinski definition) is 2. The summed E-state index contributed by atoms with van der Waals surface area (Å²) in [5, 5.41) is 17.5. The van der Waals surface area contributed by atoms with Gasteiger partial charge in [-0.3, -0.25) is 0 Å². The number of aliphatic hydroxyl groups excluding tert-OH is 2. The van der Waals surface area contributed by atoms with Crippen LogP contribution in [0.5, 0.6) is 0 Å². The lowest BCUT2D eigenvalue weighted by Crippen LogP contribution is -2.21. The number of rotatable bonds is 10. The van der Waals surface area contributed by atoms with Crippen molar-refractivity contribution in [3.63, 3.8) is 0 Å². The Morgan fingerprint density at radius 1 is 1.07 bits per heavy atom. The number of aliphatic hydroxyl groups is 2. The van der Waals surface area contributed by atoms with Gasteiger partial charge in [-0.25, -0.2) is 0 Å². The molecule has 14 heavy (non-hydrogen) atoms. The highest BCUT2D eigenvalue weighted by atomic mass is 16.6. The van der Waals surface area contributed by atoms with Crippen LogP contribution < -0.4 is 0 Å². The van der Waals surface area contributed by atoms with Crippen molar-refractivity contribution in [1.82, 2.24) is 0 Å². The van der Waals surface area contributed by atoms with Crippen molar-refractivity contribution in [2.45, 2.75) is 19.6 Å². The molecule has 0 heterocycles. The molecular formula is C9H20O5. The Kier molecular flexibility index (Phi) is 10.7. The lowest BCUT2D eigenvalue weighted by atomic mass is 10.5. The second-order valence-corrected chi connectivity index (χ2v) is 2.74. The highest BCUT2D eigenvalue weighted by Gasteiger charge is 2.02. The average Bonchev–Trinajstić information content (AvgIpc) is 2.20. The van der Waals surface area contributed by atoms with Gasteiger partial charge in [0.05, 0.1) is 33.0 Å². The number of hydrogen-bond acceptors (Lipinski definition) is 5. The summed E-state index contributed by atoms with van der Waals surface area (Å²) in [6.45, 7) is 3.80. The molecule has 5 heteroatoms. The lowest BCUT2D eigenvalue weighted by Gasteiger charge is -2.11. The zero-order chi connectivity index (χ0) is 10.6. The van der Waals surface area contributed by atoms with Gasteiger partial charge in [-0.2, -0.15) is 0 Å². The van der Waals surface area contributed by atoms with Crippen LogP contribution in [0.4, 0.5) is 0 Å². The molecule has 0 aromatic carbocycles. The molecule has 0 aliphatic heterocycles. The van der Waals surface area contributed by atoms with Crippen LogP contribution in [0, 0.1) is 0 Å². The molecule has 0 saturated carbocycles. The molecule has 1 unspecified atom stereocenters. The highest BCUT2D eigenvalue weighted by molar-refractivity contribution is 4.38. The van der Waals surface area contributed by atoms with E-state index in [-0.39, 0.29) is 13.2 Å². The molecule has 0 bridgehead atoms. The fourth-order valence-corrected chi connectivity index (χ4v) is 0.771. The van der Waals surface area contributed by atoms with Gasteiger partial charge in [-0.15, -0.1) is 0 Å². The van der Waals surface area contributed by atoms with Gasteiger partial charge in [0.15, 0.2) is 6.29 Å². The van der Waals surface area contributed by atoms with Gasteiger partial charge in [0.1, 0.15) is 0 Å². The van der Waals surface area contributed by atoms with E-state index in [1.165, 1.54) is 0 Å². The maximum atomic E-state index is 9.15. The van der Waals surface area contributed by atoms with Crippen LogP contribution >= 0.6 is 0 Å². The van der Waals surface area contributed by atoms with Crippen molar-refractivity contribution in [3.05, 3.63) is 0 Å². The summed E-state index contributed by atoms with van der Waals surface area (Å²) in [6.07, 6.45) is 0.0178. The lowest BCUT2D eigenvalue weighted by molar-refractivity contribution is -0.140. The summed E-state index contributed by atoms with van der Waals surface area (Å²) in [4.78, 5) is 0. The smallest absolute Gasteiger partial charge is 0.178 e. The zero-order valence-corrected chi connectivity index (χ0v) is 8.65. The van der Waals surface area contributed by atoms with Crippen molar-refractivity contribution in [2.24, 2.45) is 0 Å². The van der Waals surface area contributed by atoms with E-state index in [0.717, 1.165) is 6.42 Å². The monoisotopic (exact) mass is 208 g/mol. The second-order valence-electron chi connectivity index (χ2n) is 2.74. The maximum Gasteiger partial charge on any atom is 0.178 e. The third-order valence-electron chi connectivity index (χ3n) is 1.38. The van der Waals surface area contributed by atoms with Crippen LogP contribution in [0.25, 0.3) is 0 Å². The predicted molar refractivity (Wildman–Crippen MR) is 51.0 cm³/mol. The molecule has 2 N–H and O–H groups in total. The van der Waals surface area contributed by atoms with Gasteiger partial charge in [-0.1, -0.05) is 6.92 Å². The summed E-state index contributed by atoms with van der Waals surface area (Å²) in [5.74, 6) is 0. The molecule has 0 aromatic heterocycles. The molecule has 86 valence electrons. The first-order valence-electron chi connectivity index (χ1n) is 4.87. The normalized spacial score (nSPS) is 13.1. The average molecular weight is 208 g/mol. The molecule has 0 aliphatic rings. The molecule has 0 aliphatic carbocycles. The first-order valence-corrected chi connectivity index (χ1v) is 4.87. The van der Waals surface area contributed by atoms with Crippen LogP contribution in [-0.4, -0.2) is 56.1 Å². The molecule has 0 radical (unpaired) electrons. The van der Waals surface area contributed by atoms with Gasteiger partial charge in [-0.05, 0) is 6.42 Å². The van der Waals surface area contributed by atoms with E-state index in [9.17, 15) is 0 Å². The minimum Gasteiger partial charge on any atom is -0.394 e. The molecular weight excluding hydrogens is 188 g/mol. The van der Waals surface area contributed by atoms with E-state index < -0.39 is 6.29 Å². The van der Waals surface area contributed by atoms with Gasteiger partial charge in [0, 0.05) is 6.61 Å². The van der Waals surface area contributed by atoms with Gasteiger partial charge in [0.25, 0.3) is 0 Å². The quantitative estimate of drug-likeness (QED) is 0.383. The van der Waals surface area contributed by atoms with Crippen LogP contribution in [0.2, 0.25) is 0 Å². The summed E-state index contributed by atoms with van der Waals surface area (Å²) in [6, 6.07) is 0. The fraction of sp³-hybridized carbons (Fsp3) is 1.00. The molecule has 0 amide bonds. The zero-order valence-electron chi connectivity index (χ0n) is 8.65. The fourth-order valence-electron chi connectivity index (χ4n) is 0.771. The molecule has 5 nitrogen and oxygen atoms in total. The van der Waals surface area contributed by atoms with Crippen molar-refractivity contribution in [1.29, 1.82) is 0 Å². The molecule has 0 aromatic rings. The van der Waals surface area contributed by atoms with E-state index in [2.05, 4.69) is 0 Å². The van der Waals surface area contributed by atoms with Gasteiger partial charge >= 0.3 is 0 Å². The Morgan fingerprint density at radius 3 is 2.43 bits per heavy atom. The summed E-state index contributed by atoms with van der Waals surface area (Å²) >= 11 is 0. The predicted octanol–water partition coefficient (Wildman–Crippen LogP) is -0.243. The van der Waals surface area contributed by atoms with E-state index >= 15 is 0 Å². The number of ether oxygens (including phenoxy) is 3. The van der Waals surface area contributed by atoms with E-state index in [4.69, 9.17) is 24.4 Å². The minimum absolute atomic E-state index is 0.0161. The van der Waals surface area contributed by atoms with E-state index in [0.29, 0.717) is 26.4 Å². The Morgan fingerprint density at radius 2 is 1.79 bits per heavy atom. The Labute approximate surface area is 84.6 Å². The van der Waals surface area contributed by atoms with Crippen molar-refractivity contribution < 1.29 is 24.4 Å². The molecule has 0 rings (SSSR count). The first-order chi connectivity index (χ1) is 6.81. The van der Waals surface area contributed by atoms with E-state index in [1.807, 2.05) is 6.92 Å². The van der Waals surface area contributed by atoms with Crippen LogP contribution in [0.1, 0.15) is 13.3 Å². The SMILES string of the molecule is CCCOC(O)COCCOCCO. The first kappa shape index (κ1) is 13.8. The third kappa shape index (κ3) is 9.88. The second kappa shape index (κ2) is 10.9. The molecule has 1 atom stereocenters. The highest BCUT2D eigenvalue weighted by Crippen LogP contribution is 1.90. The van der Waals surface area contributed by atoms with Crippen LogP contribution in [0.15, 0.2) is 0 Å². The van der Waals surface area contributed by atoms with Crippen LogP contribution in [-0.2, 0) is 14.2 Å². The topological polar surface area (TPSA) is 68.2 Å². The minimum atomic E-state index is -0.854. The van der Waals surface area contributed by atoms with Crippen molar-refractivity contribution in [2.75, 3.05) is 39.6 Å². The van der Waals surface area contributed by atoms with Gasteiger partial charge < -0.3 is 24.4 Å². The maximum absolute atomic E-state index is 9.15. The van der Waals surface area contributed by atoms with Crippen LogP contribution in [0.3, 0.4) is 0 Å². The molecule has 0 saturated heterocycles. The molecule has 0 fully saturated rings.